The van der Waals surface area contributed by atoms with Gasteiger partial charge in [-0.1, -0.05) is 41.8 Å². The maximum Gasteiger partial charge on any atom is 0.235 e. The highest BCUT2D eigenvalue weighted by atomic mass is 35.5. The zero-order valence-electron chi connectivity index (χ0n) is 14.8. The van der Waals surface area contributed by atoms with Gasteiger partial charge in [0.15, 0.2) is 0 Å². The third kappa shape index (κ3) is 3.32. The maximum absolute atomic E-state index is 13.2. The summed E-state index contributed by atoms with van der Waals surface area (Å²) >= 11 is 12.3. The summed E-state index contributed by atoms with van der Waals surface area (Å²) in [6.07, 6.45) is 4.00. The zero-order chi connectivity index (χ0) is 19.0. The van der Waals surface area contributed by atoms with Crippen LogP contribution in [0, 0.1) is 0 Å². The number of nitrogens with zero attached hydrogens (tertiary/aromatic N) is 1. The van der Waals surface area contributed by atoms with Crippen molar-refractivity contribution in [1.82, 2.24) is 0 Å². The van der Waals surface area contributed by atoms with Crippen LogP contribution in [0.5, 0.6) is 0 Å². The fourth-order valence-corrected chi connectivity index (χ4v) is 4.18. The number of rotatable bonds is 4. The van der Waals surface area contributed by atoms with E-state index in [2.05, 4.69) is 5.32 Å². The van der Waals surface area contributed by atoms with Crippen LogP contribution in [0.3, 0.4) is 0 Å². The topological polar surface area (TPSA) is 49.4 Å². The minimum atomic E-state index is -0.548. The molecule has 4 nitrogen and oxygen atoms in total. The number of nitrogens with one attached hydrogen (secondary N) is 1. The lowest BCUT2D eigenvalue weighted by atomic mass is 9.64. The van der Waals surface area contributed by atoms with Crippen LogP contribution in [-0.2, 0) is 15.0 Å². The molecule has 0 spiro atoms. The number of halogens is 2. The highest BCUT2D eigenvalue weighted by molar-refractivity contribution is 6.34. The molecule has 1 saturated heterocycles. The molecule has 0 radical (unpaired) electrons. The Morgan fingerprint density at radius 2 is 1.78 bits per heavy atom. The van der Waals surface area contributed by atoms with Crippen LogP contribution in [0.15, 0.2) is 42.5 Å². The molecule has 2 aliphatic rings. The second-order valence-corrected chi connectivity index (χ2v) is 8.05. The molecular formula is C21H20Cl2N2O2. The van der Waals surface area contributed by atoms with Gasteiger partial charge in [0.05, 0.1) is 16.1 Å². The van der Waals surface area contributed by atoms with E-state index in [4.69, 9.17) is 23.2 Å². The van der Waals surface area contributed by atoms with Gasteiger partial charge in [-0.2, -0.15) is 0 Å². The van der Waals surface area contributed by atoms with Crippen molar-refractivity contribution in [2.45, 2.75) is 37.5 Å². The summed E-state index contributed by atoms with van der Waals surface area (Å²) in [5, 5.41) is 4.12. The summed E-state index contributed by atoms with van der Waals surface area (Å²) in [7, 11) is 0. The highest BCUT2D eigenvalue weighted by Crippen LogP contribution is 2.45. The van der Waals surface area contributed by atoms with Crippen LogP contribution in [0.25, 0.3) is 0 Å². The third-order valence-electron chi connectivity index (χ3n) is 5.62. The zero-order valence-corrected chi connectivity index (χ0v) is 16.3. The van der Waals surface area contributed by atoms with Gasteiger partial charge in [0.2, 0.25) is 11.8 Å². The van der Waals surface area contributed by atoms with Crippen molar-refractivity contribution in [1.29, 1.82) is 0 Å². The van der Waals surface area contributed by atoms with Crippen molar-refractivity contribution >= 4 is 46.4 Å². The third-order valence-corrected chi connectivity index (χ3v) is 6.20. The summed E-state index contributed by atoms with van der Waals surface area (Å²) in [5.41, 5.74) is 1.73. The largest absolute Gasteiger partial charge is 0.324 e. The van der Waals surface area contributed by atoms with Gasteiger partial charge >= 0.3 is 0 Å². The van der Waals surface area contributed by atoms with Gasteiger partial charge < -0.3 is 10.2 Å². The molecule has 1 aliphatic heterocycles. The predicted octanol–water partition coefficient (Wildman–Crippen LogP) is 5.18. The van der Waals surface area contributed by atoms with Crippen LogP contribution in [0.4, 0.5) is 11.4 Å². The van der Waals surface area contributed by atoms with E-state index in [-0.39, 0.29) is 11.8 Å². The molecule has 0 bridgehead atoms. The van der Waals surface area contributed by atoms with Gasteiger partial charge in [-0.3, -0.25) is 9.59 Å². The average molecular weight is 403 g/mol. The van der Waals surface area contributed by atoms with Crippen LogP contribution >= 0.6 is 23.2 Å². The Bertz CT molecular complexity index is 892. The van der Waals surface area contributed by atoms with Crippen molar-refractivity contribution in [2.24, 2.45) is 0 Å². The van der Waals surface area contributed by atoms with Crippen molar-refractivity contribution < 1.29 is 9.59 Å². The number of hydrogen-bond donors (Lipinski definition) is 1. The lowest BCUT2D eigenvalue weighted by Gasteiger charge is -2.40. The number of hydrogen-bond acceptors (Lipinski definition) is 2. The molecule has 1 N–H and O–H groups in total. The minimum absolute atomic E-state index is 0.0668. The van der Waals surface area contributed by atoms with Crippen molar-refractivity contribution in [3.8, 4) is 0 Å². The van der Waals surface area contributed by atoms with E-state index in [9.17, 15) is 9.59 Å². The van der Waals surface area contributed by atoms with E-state index in [1.165, 1.54) is 0 Å². The van der Waals surface area contributed by atoms with Crippen LogP contribution in [0.2, 0.25) is 10.0 Å². The highest BCUT2D eigenvalue weighted by Gasteiger charge is 2.45. The number of carbonyl (C=O) groups excluding carboxylic acids is 2. The monoisotopic (exact) mass is 402 g/mol. The molecule has 2 aromatic rings. The molecule has 0 aromatic heterocycles. The molecule has 4 rings (SSSR count). The molecular weight excluding hydrogens is 383 g/mol. The summed E-state index contributed by atoms with van der Waals surface area (Å²) in [6.45, 7) is 0.697. The first-order valence-electron chi connectivity index (χ1n) is 9.17. The Balaban J connectivity index is 1.60. The van der Waals surface area contributed by atoms with E-state index in [1.54, 1.807) is 17.0 Å². The Hall–Kier alpha value is -2.04. The first-order valence-corrected chi connectivity index (χ1v) is 9.93. The normalized spacial score (nSPS) is 18.3. The smallest absolute Gasteiger partial charge is 0.235 e. The van der Waals surface area contributed by atoms with E-state index in [1.807, 2.05) is 30.3 Å². The first kappa shape index (κ1) is 18.3. The van der Waals surface area contributed by atoms with E-state index < -0.39 is 5.41 Å². The quantitative estimate of drug-likeness (QED) is 0.765. The van der Waals surface area contributed by atoms with Crippen molar-refractivity contribution in [2.75, 3.05) is 16.8 Å². The van der Waals surface area contributed by atoms with Crippen LogP contribution in [-0.4, -0.2) is 18.4 Å². The van der Waals surface area contributed by atoms with E-state index >= 15 is 0 Å². The Morgan fingerprint density at radius 1 is 1.04 bits per heavy atom. The van der Waals surface area contributed by atoms with Gasteiger partial charge in [0.1, 0.15) is 0 Å². The molecule has 2 aromatic carbocycles. The molecule has 140 valence electrons. The fraction of sp³-hybridized carbons (Fsp3) is 0.333. The average Bonchev–Trinajstić information content (AvgIpc) is 3.03. The van der Waals surface area contributed by atoms with Crippen LogP contribution < -0.4 is 10.2 Å². The van der Waals surface area contributed by atoms with Gasteiger partial charge in [-0.25, -0.2) is 0 Å². The lowest BCUT2D eigenvalue weighted by Crippen LogP contribution is -2.46. The molecule has 1 heterocycles. The summed E-state index contributed by atoms with van der Waals surface area (Å²) in [5.74, 6) is 0.0362. The van der Waals surface area contributed by atoms with Crippen LogP contribution in [0.1, 0.15) is 37.7 Å². The standard InChI is InChI=1S/C21H20Cl2N2O2/c22-15-6-4-14(5-7-15)21(10-2-11-21)20(27)24-18-13-16(8-9-17(18)23)25-12-1-3-19(25)26/h4-9,13H,1-3,10-12H2,(H,24,27). The van der Waals surface area contributed by atoms with Crippen molar-refractivity contribution in [3.05, 3.63) is 58.1 Å². The fourth-order valence-electron chi connectivity index (χ4n) is 3.89. The molecule has 2 fully saturated rings. The molecule has 1 aliphatic carbocycles. The van der Waals surface area contributed by atoms with Gasteiger partial charge in [-0.05, 0) is 55.2 Å². The Labute approximate surface area is 168 Å². The minimum Gasteiger partial charge on any atom is -0.324 e. The molecule has 0 unspecified atom stereocenters. The van der Waals surface area contributed by atoms with E-state index in [0.717, 1.165) is 36.9 Å². The SMILES string of the molecule is O=C1CCCN1c1ccc(Cl)c(NC(=O)C2(c3ccc(Cl)cc3)CCC2)c1. The Kier molecular flexibility index (Phi) is 4.87. The lowest BCUT2D eigenvalue weighted by molar-refractivity contribution is -0.124. The van der Waals surface area contributed by atoms with Gasteiger partial charge in [-0.15, -0.1) is 0 Å². The summed E-state index contributed by atoms with van der Waals surface area (Å²) < 4.78 is 0. The number of benzene rings is 2. The number of anilines is 2. The summed E-state index contributed by atoms with van der Waals surface area (Å²) in [4.78, 5) is 26.9. The molecule has 1 saturated carbocycles. The second-order valence-electron chi connectivity index (χ2n) is 7.21. The summed E-state index contributed by atoms with van der Waals surface area (Å²) in [6, 6.07) is 12.8. The van der Waals surface area contributed by atoms with E-state index in [0.29, 0.717) is 28.7 Å². The Morgan fingerprint density at radius 3 is 2.37 bits per heavy atom. The first-order chi connectivity index (χ1) is 13.0. The molecule has 6 heteroatoms. The second kappa shape index (κ2) is 7.17. The molecule has 0 atom stereocenters. The molecule has 2 amide bonds. The van der Waals surface area contributed by atoms with Gasteiger partial charge in [0.25, 0.3) is 0 Å². The predicted molar refractivity (Wildman–Crippen MR) is 109 cm³/mol. The number of carbonyl (C=O) groups is 2. The van der Waals surface area contributed by atoms with Crippen molar-refractivity contribution in [3.63, 3.8) is 0 Å². The number of amides is 2. The maximum atomic E-state index is 13.2. The van der Waals surface area contributed by atoms with Gasteiger partial charge in [0, 0.05) is 23.7 Å². The molecule has 27 heavy (non-hydrogen) atoms.